The van der Waals surface area contributed by atoms with Crippen molar-refractivity contribution in [3.05, 3.63) is 105 Å². The van der Waals surface area contributed by atoms with Gasteiger partial charge in [0.25, 0.3) is 11.5 Å². The summed E-state index contributed by atoms with van der Waals surface area (Å²) >= 11 is 6.06. The Hall–Kier alpha value is -3.97. The second kappa shape index (κ2) is 8.18. The number of anilines is 1. The Morgan fingerprint density at radius 3 is 2.58 bits per heavy atom. The number of carbonyl (C=O) groups excluding carboxylic acids is 1. The molecule has 0 radical (unpaired) electrons. The number of aryl methyl sites for hydroxylation is 2. The first-order chi connectivity index (χ1) is 15.9. The first-order valence-corrected chi connectivity index (χ1v) is 10.8. The molecule has 1 amide bonds. The Bertz CT molecular complexity index is 1590. The van der Waals surface area contributed by atoms with Crippen LogP contribution in [0.1, 0.15) is 27.3 Å². The summed E-state index contributed by atoms with van der Waals surface area (Å²) in [6, 6.07) is 20.7. The van der Waals surface area contributed by atoms with Gasteiger partial charge in [-0.25, -0.2) is 4.52 Å². The average Bonchev–Trinajstić information content (AvgIpc) is 3.26. The lowest BCUT2D eigenvalue weighted by molar-refractivity contribution is 0.101. The van der Waals surface area contributed by atoms with E-state index in [4.69, 9.17) is 11.6 Å². The van der Waals surface area contributed by atoms with Gasteiger partial charge in [0.05, 0.1) is 17.6 Å². The van der Waals surface area contributed by atoms with Crippen LogP contribution in [0.25, 0.3) is 16.7 Å². The van der Waals surface area contributed by atoms with Crippen molar-refractivity contribution in [3.63, 3.8) is 0 Å². The molecule has 0 saturated carbocycles. The molecule has 2 aromatic heterocycles. The number of rotatable bonds is 4. The quantitative estimate of drug-likeness (QED) is 0.427. The third-order valence-corrected chi connectivity index (χ3v) is 5.76. The molecule has 0 aliphatic carbocycles. The van der Waals surface area contributed by atoms with Crippen molar-refractivity contribution in [2.75, 3.05) is 5.32 Å². The zero-order valence-electron chi connectivity index (χ0n) is 18.0. The van der Waals surface area contributed by atoms with E-state index in [9.17, 15) is 9.59 Å². The first-order valence-electron chi connectivity index (χ1n) is 10.4. The van der Waals surface area contributed by atoms with Gasteiger partial charge < -0.3 is 5.32 Å². The van der Waals surface area contributed by atoms with E-state index in [1.54, 1.807) is 16.7 Å². The summed E-state index contributed by atoms with van der Waals surface area (Å²) < 4.78 is 3.11. The fourth-order valence-electron chi connectivity index (χ4n) is 3.80. The standard InChI is InChI=1S/C25H20ClN5O2/c1-15-8-11-20-21(12-15)30(14-17-6-4-3-5-7-17)25(33)23-28-22(29-31(20)23)24(32)27-19-13-18(26)10-9-16(19)2/h3-13H,14H2,1-2H3,(H,27,32). The van der Waals surface area contributed by atoms with Gasteiger partial charge in [0.1, 0.15) is 0 Å². The van der Waals surface area contributed by atoms with Gasteiger partial charge in [0, 0.05) is 10.7 Å². The molecule has 7 nitrogen and oxygen atoms in total. The van der Waals surface area contributed by atoms with Gasteiger partial charge in [-0.15, -0.1) is 5.10 Å². The number of halogens is 1. The summed E-state index contributed by atoms with van der Waals surface area (Å²) in [4.78, 5) is 30.7. The molecule has 33 heavy (non-hydrogen) atoms. The highest BCUT2D eigenvalue weighted by Crippen LogP contribution is 2.21. The Kier molecular flexibility index (Phi) is 5.18. The van der Waals surface area contributed by atoms with E-state index < -0.39 is 5.91 Å². The highest BCUT2D eigenvalue weighted by Gasteiger charge is 2.20. The van der Waals surface area contributed by atoms with E-state index in [1.807, 2.05) is 68.4 Å². The molecule has 0 spiro atoms. The van der Waals surface area contributed by atoms with Crippen molar-refractivity contribution >= 4 is 39.9 Å². The minimum absolute atomic E-state index is 0.0918. The maximum Gasteiger partial charge on any atom is 0.296 e. The summed E-state index contributed by atoms with van der Waals surface area (Å²) in [5, 5.41) is 7.67. The molecule has 0 bridgehead atoms. The molecule has 0 saturated heterocycles. The van der Waals surface area contributed by atoms with Crippen molar-refractivity contribution in [1.29, 1.82) is 0 Å². The Labute approximate surface area is 194 Å². The largest absolute Gasteiger partial charge is 0.319 e. The third kappa shape index (κ3) is 3.87. The highest BCUT2D eigenvalue weighted by atomic mass is 35.5. The van der Waals surface area contributed by atoms with Gasteiger partial charge in [-0.1, -0.05) is 54.1 Å². The number of benzene rings is 3. The van der Waals surface area contributed by atoms with Gasteiger partial charge in [0.2, 0.25) is 11.5 Å². The lowest BCUT2D eigenvalue weighted by Crippen LogP contribution is -2.24. The van der Waals surface area contributed by atoms with Crippen LogP contribution in [-0.2, 0) is 6.54 Å². The highest BCUT2D eigenvalue weighted by molar-refractivity contribution is 6.31. The molecule has 0 aliphatic rings. The normalized spacial score (nSPS) is 11.2. The Balaban J connectivity index is 1.65. The molecular weight excluding hydrogens is 438 g/mol. The number of fused-ring (bicyclic) bond motifs is 3. The number of hydrogen-bond donors (Lipinski definition) is 1. The van der Waals surface area contributed by atoms with Crippen molar-refractivity contribution in [1.82, 2.24) is 19.2 Å². The number of nitrogens with one attached hydrogen (secondary N) is 1. The summed E-state index contributed by atoms with van der Waals surface area (Å²) in [7, 11) is 0. The van der Waals surface area contributed by atoms with Crippen molar-refractivity contribution < 1.29 is 4.79 Å². The molecular formula is C25H20ClN5O2. The summed E-state index contributed by atoms with van der Waals surface area (Å²) in [5.74, 6) is -0.607. The summed E-state index contributed by atoms with van der Waals surface area (Å²) in [6.07, 6.45) is 0. The van der Waals surface area contributed by atoms with Gasteiger partial charge in [-0.3, -0.25) is 14.2 Å². The van der Waals surface area contributed by atoms with Crippen molar-refractivity contribution in [3.8, 4) is 0 Å². The number of nitrogens with zero attached hydrogens (tertiary/aromatic N) is 4. The van der Waals surface area contributed by atoms with Crippen LogP contribution in [0.3, 0.4) is 0 Å². The van der Waals surface area contributed by atoms with Crippen LogP contribution >= 0.6 is 11.6 Å². The maximum atomic E-state index is 13.4. The lowest BCUT2D eigenvalue weighted by atomic mass is 10.2. The maximum absolute atomic E-state index is 13.4. The first kappa shape index (κ1) is 20.9. The van der Waals surface area contributed by atoms with E-state index in [0.29, 0.717) is 22.8 Å². The molecule has 5 rings (SSSR count). The third-order valence-electron chi connectivity index (χ3n) is 5.53. The Morgan fingerprint density at radius 1 is 1.00 bits per heavy atom. The molecule has 5 aromatic rings. The molecule has 0 atom stereocenters. The van der Waals surface area contributed by atoms with E-state index >= 15 is 0 Å². The van der Waals surface area contributed by atoms with Gasteiger partial charge in [0.15, 0.2) is 0 Å². The lowest BCUT2D eigenvalue weighted by Gasteiger charge is -2.12. The molecule has 1 N–H and O–H groups in total. The smallest absolute Gasteiger partial charge is 0.296 e. The molecule has 164 valence electrons. The topological polar surface area (TPSA) is 81.3 Å². The van der Waals surface area contributed by atoms with Crippen LogP contribution in [0.15, 0.2) is 71.5 Å². The van der Waals surface area contributed by atoms with Crippen molar-refractivity contribution in [2.45, 2.75) is 20.4 Å². The predicted octanol–water partition coefficient (Wildman–Crippen LogP) is 4.62. The molecule has 0 fully saturated rings. The average molecular weight is 458 g/mol. The van der Waals surface area contributed by atoms with Gasteiger partial charge in [-0.2, -0.15) is 4.98 Å². The molecule has 3 aromatic carbocycles. The Morgan fingerprint density at radius 2 is 1.79 bits per heavy atom. The monoisotopic (exact) mass is 457 g/mol. The van der Waals surface area contributed by atoms with E-state index in [0.717, 1.165) is 22.2 Å². The van der Waals surface area contributed by atoms with E-state index in [-0.39, 0.29) is 17.0 Å². The van der Waals surface area contributed by atoms with Gasteiger partial charge >= 0.3 is 0 Å². The van der Waals surface area contributed by atoms with Crippen LogP contribution in [-0.4, -0.2) is 25.1 Å². The number of hydrogen-bond acceptors (Lipinski definition) is 4. The second-order valence-corrected chi connectivity index (χ2v) is 8.39. The zero-order valence-corrected chi connectivity index (χ0v) is 18.8. The fraction of sp³-hybridized carbons (Fsp3) is 0.120. The minimum Gasteiger partial charge on any atom is -0.319 e. The van der Waals surface area contributed by atoms with Crippen LogP contribution in [0.5, 0.6) is 0 Å². The van der Waals surface area contributed by atoms with E-state index in [2.05, 4.69) is 15.4 Å². The fourth-order valence-corrected chi connectivity index (χ4v) is 3.98. The SMILES string of the molecule is Cc1ccc2c(c1)n(Cc1ccccc1)c(=O)c1nc(C(=O)Nc3cc(Cl)ccc3C)nn12. The van der Waals surface area contributed by atoms with Crippen LogP contribution in [0, 0.1) is 13.8 Å². The molecule has 0 unspecified atom stereocenters. The number of aromatic nitrogens is 4. The number of carbonyl (C=O) groups is 1. The molecule has 0 aliphatic heterocycles. The summed E-state index contributed by atoms with van der Waals surface area (Å²) in [6.45, 7) is 4.21. The molecule has 2 heterocycles. The predicted molar refractivity (Wildman–Crippen MR) is 129 cm³/mol. The second-order valence-electron chi connectivity index (χ2n) is 7.95. The van der Waals surface area contributed by atoms with E-state index in [1.165, 1.54) is 4.52 Å². The van der Waals surface area contributed by atoms with Crippen LogP contribution < -0.4 is 10.9 Å². The zero-order chi connectivity index (χ0) is 23.1. The van der Waals surface area contributed by atoms with Crippen LogP contribution in [0.4, 0.5) is 5.69 Å². The number of amides is 1. The van der Waals surface area contributed by atoms with Crippen molar-refractivity contribution in [2.24, 2.45) is 0 Å². The minimum atomic E-state index is -0.515. The van der Waals surface area contributed by atoms with Gasteiger partial charge in [-0.05, 0) is 54.8 Å². The van der Waals surface area contributed by atoms with Crippen LogP contribution in [0.2, 0.25) is 5.02 Å². The summed E-state index contributed by atoms with van der Waals surface area (Å²) in [5.41, 5.74) is 4.60. The molecule has 8 heteroatoms.